The number of phenols is 1. The molecule has 0 fully saturated rings. The van der Waals surface area contributed by atoms with E-state index in [0.29, 0.717) is 24.3 Å². The predicted octanol–water partition coefficient (Wildman–Crippen LogP) is -4.68. The molecule has 19 nitrogen and oxygen atoms in total. The summed E-state index contributed by atoms with van der Waals surface area (Å²) in [6, 6.07) is 9.67. The Morgan fingerprint density at radius 3 is 2.07 bits per heavy atom. The minimum atomic E-state index is -5.68. The maximum atomic E-state index is 13.5. The fraction of sp³-hybridized carbons (Fsp3) is 0. The molecule has 0 amide bonds. The monoisotopic (exact) mass is 677 g/mol. The summed E-state index contributed by atoms with van der Waals surface area (Å²) in [7, 11) is -10.9. The van der Waals surface area contributed by atoms with Crippen LogP contribution in [0.2, 0.25) is 0 Å². The molecule has 1 atom stereocenters. The van der Waals surface area contributed by atoms with Crippen LogP contribution in [0.25, 0.3) is 0 Å². The first-order valence-electron chi connectivity index (χ1n) is 11.1. The molecule has 2 aromatic rings. The van der Waals surface area contributed by atoms with Crippen molar-refractivity contribution in [2.75, 3.05) is 5.43 Å². The molecule has 2 aliphatic carbocycles. The smallest absolute Gasteiger partial charge is 0.757 e. The molecule has 2 aliphatic rings. The minimum Gasteiger partial charge on any atom is -0.757 e. The van der Waals surface area contributed by atoms with E-state index >= 15 is 0 Å². The van der Waals surface area contributed by atoms with Gasteiger partial charge in [-0.15, -0.1) is 5.11 Å². The Bertz CT molecular complexity index is 2390. The van der Waals surface area contributed by atoms with Crippen LogP contribution in [0.5, 0.6) is 5.75 Å². The van der Waals surface area contributed by atoms with Crippen molar-refractivity contribution in [3.05, 3.63) is 111 Å². The first-order chi connectivity index (χ1) is 20.0. The Morgan fingerprint density at radius 1 is 0.911 bits per heavy atom. The molecule has 4 N–H and O–H groups in total. The number of aromatic hydroxyl groups is 1. The maximum Gasteiger partial charge on any atom is 1.00 e. The van der Waals surface area contributed by atoms with Gasteiger partial charge in [-0.3, -0.25) is 40.1 Å². The molecule has 0 bridgehead atoms. The van der Waals surface area contributed by atoms with Crippen LogP contribution in [0.1, 0.15) is 0 Å². The van der Waals surface area contributed by atoms with Crippen LogP contribution in [0, 0.1) is 40.6 Å². The molecule has 0 aliphatic heterocycles. The summed E-state index contributed by atoms with van der Waals surface area (Å²) < 4.78 is 69.3. The van der Waals surface area contributed by atoms with E-state index in [1.165, 1.54) is 12.1 Å². The van der Waals surface area contributed by atoms with Crippen molar-refractivity contribution < 1.29 is 100 Å². The maximum absolute atomic E-state index is 13.5. The molecule has 0 heterocycles. The third kappa shape index (κ3) is 8.03. The van der Waals surface area contributed by atoms with Gasteiger partial charge in [0.15, 0.2) is 0 Å². The van der Waals surface area contributed by atoms with E-state index in [4.69, 9.17) is 5.41 Å². The largest absolute Gasteiger partial charge is 1.00 e. The number of hydrogen-bond acceptors (Lipinski definition) is 16. The van der Waals surface area contributed by atoms with Gasteiger partial charge in [0.2, 0.25) is 11.2 Å². The molecule has 2 aromatic carbocycles. The Kier molecular flexibility index (Phi) is 12.0. The molecular weight excluding hydrogens is 664 g/mol. The zero-order chi connectivity index (χ0) is 31.9. The van der Waals surface area contributed by atoms with Crippen molar-refractivity contribution >= 4 is 48.6 Å². The predicted molar refractivity (Wildman–Crippen MR) is 140 cm³/mol. The molecule has 0 saturated heterocycles. The van der Waals surface area contributed by atoms with Crippen LogP contribution in [-0.4, -0.2) is 41.2 Å². The van der Waals surface area contributed by atoms with Gasteiger partial charge in [-0.2, -0.15) is 10.2 Å². The summed E-state index contributed by atoms with van der Waals surface area (Å²) in [5.74, 6) is -1.22. The number of hydrogen-bond donors (Lipinski definition) is 4. The van der Waals surface area contributed by atoms with Gasteiger partial charge in [-0.05, 0) is 24.3 Å². The molecule has 0 saturated carbocycles. The average molecular weight is 677 g/mol. The number of anilines is 1. The zero-order valence-corrected chi connectivity index (χ0v) is 28.4. The van der Waals surface area contributed by atoms with Gasteiger partial charge in [0.1, 0.15) is 26.9 Å². The van der Waals surface area contributed by atoms with Crippen LogP contribution < -0.4 is 80.7 Å². The van der Waals surface area contributed by atoms with Gasteiger partial charge in [0, 0.05) is 25.9 Å². The quantitative estimate of drug-likeness (QED) is 0.0272. The van der Waals surface area contributed by atoms with Gasteiger partial charge < -0.3 is 18.8 Å². The van der Waals surface area contributed by atoms with Crippen molar-refractivity contribution in [2.24, 2.45) is 15.3 Å². The van der Waals surface area contributed by atoms with Gasteiger partial charge in [0.05, 0.1) is 37.1 Å². The first kappa shape index (κ1) is 37.7. The van der Waals surface area contributed by atoms with Crippen LogP contribution in [0.3, 0.4) is 0 Å². The van der Waals surface area contributed by atoms with Gasteiger partial charge >= 0.3 is 64.8 Å². The Hall–Kier alpha value is -3.48. The summed E-state index contributed by atoms with van der Waals surface area (Å²) in [6.07, 6.45) is 0. The molecule has 0 aromatic heterocycles. The van der Waals surface area contributed by atoms with E-state index in [9.17, 15) is 56.4 Å². The number of nitro groups is 2. The molecule has 45 heavy (non-hydrogen) atoms. The van der Waals surface area contributed by atoms with E-state index < -0.39 is 94.5 Å². The fourth-order valence-corrected chi connectivity index (χ4v) is 5.05. The van der Waals surface area contributed by atoms with E-state index in [1.807, 2.05) is 5.43 Å². The number of phenolic OH excluding ortho intramolecular Hbond substituents is 1. The van der Waals surface area contributed by atoms with Crippen molar-refractivity contribution in [1.29, 1.82) is 5.41 Å². The SMILES string of the molecule is N=c1c(N=Nc2ccccc2)cc(=S(=O)([O-])O)c2cc(S(=O)(=O)[O-])c(=NNc3cc([N+](=O)[O-])cc([N+](=O)[O-])c3O)c(=O)c1=2.[Na+].[Na+]. The van der Waals surface area contributed by atoms with Crippen LogP contribution in [0.15, 0.2) is 79.6 Å². The van der Waals surface area contributed by atoms with Gasteiger partial charge in [-0.1, -0.05) is 18.2 Å². The normalized spacial score (nSPS) is 13.1. The standard InChI is InChI=1S/C22H15N7O12S2.2Na/c23-19-13(25-24-10-4-2-1-3-5-10)9-16(42(36,37)38)12-8-17(43(39,40)41)20(22(31)18(12)19)27-26-14-6-11(28(32)33)7-15(21(14)30)29(34)35;;/h1-9,23,26,30H,(H2,36,37,38)(H,39,40,41);;/q;2*+1/p-2. The van der Waals surface area contributed by atoms with E-state index in [0.717, 1.165) is 0 Å². The summed E-state index contributed by atoms with van der Waals surface area (Å²) in [5, 5.41) is 48.1. The third-order valence-electron chi connectivity index (χ3n) is 5.61. The van der Waals surface area contributed by atoms with E-state index in [-0.39, 0.29) is 64.8 Å². The summed E-state index contributed by atoms with van der Waals surface area (Å²) in [5.41, 5.74) is -3.06. The summed E-state index contributed by atoms with van der Waals surface area (Å²) in [6.45, 7) is 0. The summed E-state index contributed by atoms with van der Waals surface area (Å²) >= 11 is 0. The second kappa shape index (κ2) is 14.3. The minimum absolute atomic E-state index is 0. The van der Waals surface area contributed by atoms with Crippen molar-refractivity contribution in [1.82, 2.24) is 0 Å². The summed E-state index contributed by atoms with van der Waals surface area (Å²) in [4.78, 5) is 32.2. The second-order valence-electron chi connectivity index (χ2n) is 8.31. The number of benzene rings is 2. The topological polar surface area (TPSA) is 314 Å². The first-order valence-corrected chi connectivity index (χ1v) is 13.9. The number of azo groups is 1. The third-order valence-corrected chi connectivity index (χ3v) is 7.35. The van der Waals surface area contributed by atoms with Crippen LogP contribution >= 0.6 is 0 Å². The van der Waals surface area contributed by atoms with E-state index in [1.54, 1.807) is 18.2 Å². The molecule has 1 unspecified atom stereocenters. The Balaban J connectivity index is 0.00000353. The molecular formula is C22H13N7Na2O12S2. The average Bonchev–Trinajstić information content (AvgIpc) is 2.91. The number of nitrogens with one attached hydrogen (secondary N) is 2. The second-order valence-corrected chi connectivity index (χ2v) is 11.0. The van der Waals surface area contributed by atoms with E-state index in [2.05, 4.69) is 15.3 Å². The number of rotatable bonds is 7. The Morgan fingerprint density at radius 2 is 1.53 bits per heavy atom. The number of nitro benzene ring substituents is 2. The Labute approximate surface area is 294 Å². The van der Waals surface area contributed by atoms with Crippen molar-refractivity contribution in [3.63, 3.8) is 0 Å². The molecule has 4 rings (SSSR count). The number of non-ortho nitro benzene ring substituents is 1. The van der Waals surface area contributed by atoms with Gasteiger partial charge in [-0.25, -0.2) is 8.42 Å². The number of nitrogens with zero attached hydrogens (tertiary/aromatic N) is 5. The molecule has 222 valence electrons. The molecule has 0 spiro atoms. The van der Waals surface area contributed by atoms with Crippen LogP contribution in [0.4, 0.5) is 28.4 Å². The molecule has 23 heteroatoms. The fourth-order valence-electron chi connectivity index (χ4n) is 3.71. The zero-order valence-electron chi connectivity index (χ0n) is 22.7. The van der Waals surface area contributed by atoms with Crippen molar-refractivity contribution in [2.45, 2.75) is 4.90 Å². The molecule has 0 radical (unpaired) electrons. The van der Waals surface area contributed by atoms with Crippen LogP contribution in [-0.2, 0) is 20.2 Å². The van der Waals surface area contributed by atoms with Crippen molar-refractivity contribution in [3.8, 4) is 5.75 Å². The van der Waals surface area contributed by atoms with Gasteiger partial charge in [0.25, 0.3) is 5.69 Å².